The number of amides is 1. The first-order valence-corrected chi connectivity index (χ1v) is 9.92. The van der Waals surface area contributed by atoms with Crippen LogP contribution in [-0.2, 0) is 23.0 Å². The van der Waals surface area contributed by atoms with Gasteiger partial charge in [-0.1, -0.05) is 12.1 Å². The summed E-state index contributed by atoms with van der Waals surface area (Å²) in [5.74, 6) is 0.0596. The SMILES string of the molecule is Cn1ccc(CC(=O)N2CCOC(c3ncn4cc(-c5cccnc5)ccc34)C2)n1. The summed E-state index contributed by atoms with van der Waals surface area (Å²) in [7, 11) is 1.85. The van der Waals surface area contributed by atoms with Crippen molar-refractivity contribution in [1.29, 1.82) is 0 Å². The number of ether oxygens (including phenoxy) is 1. The number of carbonyl (C=O) groups excluding carboxylic acids is 1. The summed E-state index contributed by atoms with van der Waals surface area (Å²) in [5.41, 5.74) is 4.72. The molecule has 152 valence electrons. The molecular weight excluding hydrogens is 380 g/mol. The molecule has 1 aliphatic heterocycles. The van der Waals surface area contributed by atoms with Crippen LogP contribution < -0.4 is 0 Å². The highest BCUT2D eigenvalue weighted by atomic mass is 16.5. The first-order chi connectivity index (χ1) is 14.7. The quantitative estimate of drug-likeness (QED) is 0.523. The van der Waals surface area contributed by atoms with Crippen molar-refractivity contribution in [2.45, 2.75) is 12.5 Å². The second-order valence-corrected chi connectivity index (χ2v) is 7.44. The minimum atomic E-state index is -0.249. The maximum absolute atomic E-state index is 12.7. The Balaban J connectivity index is 1.35. The van der Waals surface area contributed by atoms with Gasteiger partial charge >= 0.3 is 0 Å². The van der Waals surface area contributed by atoms with E-state index in [1.807, 2.05) is 59.2 Å². The Labute approximate surface area is 173 Å². The highest BCUT2D eigenvalue weighted by Gasteiger charge is 2.28. The predicted octanol–water partition coefficient (Wildman–Crippen LogP) is 2.27. The van der Waals surface area contributed by atoms with Crippen LogP contribution in [0, 0.1) is 0 Å². The van der Waals surface area contributed by atoms with E-state index in [2.05, 4.69) is 21.1 Å². The van der Waals surface area contributed by atoms with Crippen molar-refractivity contribution >= 4 is 11.4 Å². The van der Waals surface area contributed by atoms with Crippen molar-refractivity contribution in [2.24, 2.45) is 7.05 Å². The summed E-state index contributed by atoms with van der Waals surface area (Å²) in [6, 6.07) is 9.93. The molecular formula is C22H22N6O2. The van der Waals surface area contributed by atoms with E-state index in [1.54, 1.807) is 17.2 Å². The van der Waals surface area contributed by atoms with E-state index >= 15 is 0 Å². The Morgan fingerprint density at radius 1 is 1.23 bits per heavy atom. The van der Waals surface area contributed by atoms with Crippen LogP contribution in [0.4, 0.5) is 0 Å². The number of hydrogen-bond donors (Lipinski definition) is 0. The Hall–Kier alpha value is -3.52. The largest absolute Gasteiger partial charge is 0.368 e. The van der Waals surface area contributed by atoms with Crippen molar-refractivity contribution < 1.29 is 9.53 Å². The summed E-state index contributed by atoms with van der Waals surface area (Å²) < 4.78 is 9.69. The van der Waals surface area contributed by atoms with E-state index in [9.17, 15) is 4.79 Å². The molecule has 5 rings (SSSR count). The molecule has 0 N–H and O–H groups in total. The number of carbonyl (C=O) groups is 1. The molecule has 0 bridgehead atoms. The lowest BCUT2D eigenvalue weighted by Gasteiger charge is -2.32. The highest BCUT2D eigenvalue weighted by Crippen LogP contribution is 2.27. The van der Waals surface area contributed by atoms with Gasteiger partial charge in [-0.05, 0) is 23.8 Å². The molecule has 4 aromatic rings. The molecule has 1 aliphatic rings. The monoisotopic (exact) mass is 402 g/mol. The van der Waals surface area contributed by atoms with Gasteiger partial charge < -0.3 is 14.0 Å². The lowest BCUT2D eigenvalue weighted by atomic mass is 10.1. The molecule has 1 fully saturated rings. The number of morpholine rings is 1. The Morgan fingerprint density at radius 2 is 2.17 bits per heavy atom. The molecule has 1 amide bonds. The fourth-order valence-electron chi connectivity index (χ4n) is 3.84. The van der Waals surface area contributed by atoms with E-state index in [0.717, 1.165) is 28.0 Å². The molecule has 1 saturated heterocycles. The average Bonchev–Trinajstić information content (AvgIpc) is 3.39. The number of nitrogens with zero attached hydrogens (tertiary/aromatic N) is 6. The van der Waals surface area contributed by atoms with Crippen LogP contribution in [0.15, 0.2) is 61.4 Å². The minimum Gasteiger partial charge on any atom is -0.368 e. The van der Waals surface area contributed by atoms with Gasteiger partial charge in [0.2, 0.25) is 5.91 Å². The zero-order chi connectivity index (χ0) is 20.5. The van der Waals surface area contributed by atoms with Crippen LogP contribution in [0.3, 0.4) is 0 Å². The van der Waals surface area contributed by atoms with E-state index in [1.165, 1.54) is 0 Å². The van der Waals surface area contributed by atoms with Gasteiger partial charge in [-0.2, -0.15) is 5.10 Å². The molecule has 0 aromatic carbocycles. The molecule has 1 atom stereocenters. The summed E-state index contributed by atoms with van der Waals surface area (Å²) in [4.78, 5) is 23.4. The number of fused-ring (bicyclic) bond motifs is 1. The molecule has 0 saturated carbocycles. The van der Waals surface area contributed by atoms with Gasteiger partial charge in [-0.15, -0.1) is 0 Å². The second kappa shape index (κ2) is 7.72. The lowest BCUT2D eigenvalue weighted by molar-refractivity contribution is -0.138. The molecule has 0 radical (unpaired) electrons. The second-order valence-electron chi connectivity index (χ2n) is 7.44. The third-order valence-corrected chi connectivity index (χ3v) is 5.38. The van der Waals surface area contributed by atoms with Gasteiger partial charge in [-0.25, -0.2) is 4.98 Å². The van der Waals surface area contributed by atoms with E-state index < -0.39 is 0 Å². The van der Waals surface area contributed by atoms with Crippen molar-refractivity contribution in [1.82, 2.24) is 29.0 Å². The number of hydrogen-bond acceptors (Lipinski definition) is 5. The number of aromatic nitrogens is 5. The Morgan fingerprint density at radius 3 is 2.97 bits per heavy atom. The van der Waals surface area contributed by atoms with E-state index in [0.29, 0.717) is 26.1 Å². The Bertz CT molecular complexity index is 1180. The number of imidazole rings is 1. The number of rotatable bonds is 4. The van der Waals surface area contributed by atoms with Gasteiger partial charge in [0.05, 0.1) is 42.8 Å². The normalized spacial score (nSPS) is 16.8. The number of aryl methyl sites for hydroxylation is 1. The molecule has 0 aliphatic carbocycles. The van der Waals surface area contributed by atoms with Crippen LogP contribution in [0.25, 0.3) is 16.6 Å². The van der Waals surface area contributed by atoms with Gasteiger partial charge in [0.15, 0.2) is 0 Å². The van der Waals surface area contributed by atoms with Crippen LogP contribution >= 0.6 is 0 Å². The van der Waals surface area contributed by atoms with Crippen molar-refractivity contribution in [2.75, 3.05) is 19.7 Å². The number of pyridine rings is 2. The standard InChI is InChI=1S/C22H22N6O2/c1-26-8-6-18(25-26)11-21(29)27-9-10-30-20(14-27)22-19-5-4-17(13-28(19)15-24-22)16-3-2-7-23-12-16/h2-8,12-13,15,20H,9-11,14H2,1H3. The predicted molar refractivity (Wildman–Crippen MR) is 111 cm³/mol. The fourth-order valence-corrected chi connectivity index (χ4v) is 3.84. The van der Waals surface area contributed by atoms with E-state index in [4.69, 9.17) is 4.74 Å². The van der Waals surface area contributed by atoms with Crippen molar-refractivity contribution in [3.8, 4) is 11.1 Å². The highest BCUT2D eigenvalue weighted by molar-refractivity contribution is 5.78. The summed E-state index contributed by atoms with van der Waals surface area (Å²) in [6.45, 7) is 1.56. The maximum Gasteiger partial charge on any atom is 0.228 e. The summed E-state index contributed by atoms with van der Waals surface area (Å²) >= 11 is 0. The zero-order valence-corrected chi connectivity index (χ0v) is 16.7. The van der Waals surface area contributed by atoms with Crippen LogP contribution in [0.2, 0.25) is 0 Å². The molecule has 1 unspecified atom stereocenters. The first-order valence-electron chi connectivity index (χ1n) is 9.92. The average molecular weight is 402 g/mol. The molecule has 8 heteroatoms. The summed E-state index contributed by atoms with van der Waals surface area (Å²) in [6.07, 6.45) is 9.33. The molecule has 8 nitrogen and oxygen atoms in total. The topological polar surface area (TPSA) is 77.5 Å². The zero-order valence-electron chi connectivity index (χ0n) is 16.7. The summed E-state index contributed by atoms with van der Waals surface area (Å²) in [5, 5.41) is 4.31. The van der Waals surface area contributed by atoms with E-state index in [-0.39, 0.29) is 12.0 Å². The lowest BCUT2D eigenvalue weighted by Crippen LogP contribution is -2.43. The molecule has 30 heavy (non-hydrogen) atoms. The smallest absolute Gasteiger partial charge is 0.228 e. The van der Waals surface area contributed by atoms with Gasteiger partial charge in [0.1, 0.15) is 6.10 Å². The van der Waals surface area contributed by atoms with Gasteiger partial charge in [-0.3, -0.25) is 14.5 Å². The van der Waals surface area contributed by atoms with Crippen LogP contribution in [0.1, 0.15) is 17.5 Å². The maximum atomic E-state index is 12.7. The first kappa shape index (κ1) is 18.5. The van der Waals surface area contributed by atoms with Crippen molar-refractivity contribution in [3.63, 3.8) is 0 Å². The third-order valence-electron chi connectivity index (χ3n) is 5.38. The molecule has 5 heterocycles. The minimum absolute atomic E-state index is 0.0596. The van der Waals surface area contributed by atoms with Crippen molar-refractivity contribution in [3.05, 3.63) is 72.8 Å². The van der Waals surface area contributed by atoms with Crippen LogP contribution in [0.5, 0.6) is 0 Å². The van der Waals surface area contributed by atoms with Gasteiger partial charge in [0.25, 0.3) is 0 Å². The van der Waals surface area contributed by atoms with Gasteiger partial charge in [0, 0.05) is 43.9 Å². The third kappa shape index (κ3) is 3.57. The molecule has 0 spiro atoms. The van der Waals surface area contributed by atoms with Crippen LogP contribution in [-0.4, -0.2) is 54.7 Å². The fraction of sp³-hybridized carbons (Fsp3) is 0.273. The molecule has 4 aromatic heterocycles. The Kier molecular flexibility index (Phi) is 4.76.